The zero-order valence-electron chi connectivity index (χ0n) is 17.8. The maximum atomic E-state index is 9.60. The summed E-state index contributed by atoms with van der Waals surface area (Å²) < 4.78 is 3.53. The highest BCUT2D eigenvalue weighted by Gasteiger charge is 2.18. The minimum Gasteiger partial charge on any atom is -0.354 e. The van der Waals surface area contributed by atoms with Gasteiger partial charge in [-0.05, 0) is 18.2 Å². The molecule has 0 aromatic carbocycles. The average Bonchev–Trinajstić information content (AvgIpc) is 3.45. The van der Waals surface area contributed by atoms with Crippen molar-refractivity contribution in [1.82, 2.24) is 29.3 Å². The lowest BCUT2D eigenvalue weighted by Crippen LogP contribution is -2.46. The number of aromatic nitrogens is 5. The predicted octanol–water partition coefficient (Wildman–Crippen LogP) is 2.42. The molecule has 0 atom stereocenters. The summed E-state index contributed by atoms with van der Waals surface area (Å²) >= 11 is 0. The fourth-order valence-electron chi connectivity index (χ4n) is 4.15. The van der Waals surface area contributed by atoms with E-state index in [-0.39, 0.29) is 0 Å². The molecule has 0 radical (unpaired) electrons. The van der Waals surface area contributed by atoms with E-state index >= 15 is 0 Å². The molecule has 32 heavy (non-hydrogen) atoms. The molecule has 158 valence electrons. The molecule has 8 nitrogen and oxygen atoms in total. The summed E-state index contributed by atoms with van der Waals surface area (Å²) in [5.74, 6) is 3.66. The van der Waals surface area contributed by atoms with Crippen LogP contribution >= 0.6 is 0 Å². The molecule has 1 aliphatic heterocycles. The van der Waals surface area contributed by atoms with Gasteiger partial charge in [0.15, 0.2) is 0 Å². The third-order valence-corrected chi connectivity index (χ3v) is 5.84. The summed E-state index contributed by atoms with van der Waals surface area (Å²) in [5, 5.41) is 18.3. The Morgan fingerprint density at radius 1 is 1.00 bits per heavy atom. The Labute approximate surface area is 186 Å². The first-order valence-electron chi connectivity index (χ1n) is 10.4. The van der Waals surface area contributed by atoms with Crippen LogP contribution in [-0.4, -0.2) is 62.0 Å². The van der Waals surface area contributed by atoms with E-state index in [9.17, 15) is 5.26 Å². The SMILES string of the molecule is C#CCN1CCN(c2ccc(-c3cc(-c4cnn(C)c4)cn4ncc(C#N)c34)cn2)CC1. The van der Waals surface area contributed by atoms with Crippen LogP contribution in [0.1, 0.15) is 5.56 Å². The molecule has 8 heteroatoms. The van der Waals surface area contributed by atoms with Crippen molar-refractivity contribution in [3.8, 4) is 40.7 Å². The summed E-state index contributed by atoms with van der Waals surface area (Å²) in [5.41, 5.74) is 5.12. The van der Waals surface area contributed by atoms with E-state index in [0.717, 1.165) is 59.8 Å². The summed E-state index contributed by atoms with van der Waals surface area (Å²) in [6.07, 6.45) is 14.6. The van der Waals surface area contributed by atoms with Gasteiger partial charge in [-0.15, -0.1) is 6.42 Å². The van der Waals surface area contributed by atoms with Crippen LogP contribution in [0.5, 0.6) is 0 Å². The lowest BCUT2D eigenvalue weighted by atomic mass is 10.0. The molecule has 0 bridgehead atoms. The van der Waals surface area contributed by atoms with Gasteiger partial charge in [0, 0.05) is 74.1 Å². The van der Waals surface area contributed by atoms with Crippen LogP contribution in [0.25, 0.3) is 27.8 Å². The van der Waals surface area contributed by atoms with Crippen LogP contribution in [0.15, 0.2) is 49.2 Å². The van der Waals surface area contributed by atoms with Gasteiger partial charge in [0.25, 0.3) is 0 Å². The Morgan fingerprint density at radius 2 is 1.84 bits per heavy atom. The summed E-state index contributed by atoms with van der Waals surface area (Å²) in [6, 6.07) is 8.43. The van der Waals surface area contributed by atoms with Crippen molar-refractivity contribution in [2.24, 2.45) is 7.05 Å². The van der Waals surface area contributed by atoms with Crippen molar-refractivity contribution in [3.63, 3.8) is 0 Å². The molecule has 4 aromatic heterocycles. The molecule has 0 unspecified atom stereocenters. The van der Waals surface area contributed by atoms with E-state index in [1.165, 1.54) is 0 Å². The number of hydrogen-bond acceptors (Lipinski definition) is 6. The van der Waals surface area contributed by atoms with E-state index in [4.69, 9.17) is 11.4 Å². The molecule has 0 aliphatic carbocycles. The number of hydrogen-bond donors (Lipinski definition) is 0. The molecule has 1 fully saturated rings. The molecule has 0 saturated carbocycles. The highest BCUT2D eigenvalue weighted by atomic mass is 15.3. The van der Waals surface area contributed by atoms with Crippen molar-refractivity contribution < 1.29 is 0 Å². The van der Waals surface area contributed by atoms with E-state index in [1.807, 2.05) is 37.9 Å². The van der Waals surface area contributed by atoms with Crippen molar-refractivity contribution >= 4 is 11.3 Å². The van der Waals surface area contributed by atoms with Gasteiger partial charge in [0.2, 0.25) is 0 Å². The van der Waals surface area contributed by atoms with Crippen LogP contribution in [-0.2, 0) is 7.05 Å². The standard InChI is InChI=1S/C24H22N8/c1-3-6-30-7-9-31(10-8-30)23-5-4-18(13-26-23)22-11-19(21-15-27-29(2)16-21)17-32-24(22)20(12-25)14-28-32/h1,4-5,11,13-17H,6-10H2,2H3. The second-order valence-corrected chi connectivity index (χ2v) is 7.88. The number of pyridine rings is 2. The predicted molar refractivity (Wildman–Crippen MR) is 123 cm³/mol. The Kier molecular flexibility index (Phi) is 5.06. The molecular weight excluding hydrogens is 400 g/mol. The van der Waals surface area contributed by atoms with Gasteiger partial charge in [-0.2, -0.15) is 15.5 Å². The third-order valence-electron chi connectivity index (χ3n) is 5.84. The van der Waals surface area contributed by atoms with Crippen LogP contribution in [0.2, 0.25) is 0 Å². The highest BCUT2D eigenvalue weighted by molar-refractivity contribution is 5.87. The Balaban J connectivity index is 1.51. The quantitative estimate of drug-likeness (QED) is 0.470. The minimum atomic E-state index is 0.534. The number of anilines is 1. The normalized spacial score (nSPS) is 14.4. The largest absolute Gasteiger partial charge is 0.354 e. The maximum Gasteiger partial charge on any atom is 0.128 e. The molecule has 1 saturated heterocycles. The minimum absolute atomic E-state index is 0.534. The lowest BCUT2D eigenvalue weighted by Gasteiger charge is -2.34. The van der Waals surface area contributed by atoms with Gasteiger partial charge in [0.05, 0.1) is 30.0 Å². The zero-order chi connectivity index (χ0) is 22.1. The molecule has 0 amide bonds. The van der Waals surface area contributed by atoms with Gasteiger partial charge in [0.1, 0.15) is 11.9 Å². The van der Waals surface area contributed by atoms with E-state index < -0.39 is 0 Å². The zero-order valence-corrected chi connectivity index (χ0v) is 17.8. The number of rotatable bonds is 4. The fraction of sp³-hybridized carbons (Fsp3) is 0.250. The van der Waals surface area contributed by atoms with E-state index in [2.05, 4.69) is 44.1 Å². The first kappa shape index (κ1) is 19.8. The molecule has 5 heterocycles. The van der Waals surface area contributed by atoms with Crippen LogP contribution in [0.3, 0.4) is 0 Å². The number of terminal acetylenes is 1. The van der Waals surface area contributed by atoms with Gasteiger partial charge >= 0.3 is 0 Å². The van der Waals surface area contributed by atoms with Gasteiger partial charge < -0.3 is 4.90 Å². The average molecular weight is 422 g/mol. The van der Waals surface area contributed by atoms with Crippen molar-refractivity contribution in [1.29, 1.82) is 5.26 Å². The first-order chi connectivity index (χ1) is 15.7. The van der Waals surface area contributed by atoms with Crippen molar-refractivity contribution in [2.75, 3.05) is 37.6 Å². The lowest BCUT2D eigenvalue weighted by molar-refractivity contribution is 0.287. The number of aryl methyl sites for hydroxylation is 1. The molecular formula is C24H22N8. The van der Waals surface area contributed by atoms with Crippen LogP contribution < -0.4 is 4.90 Å². The van der Waals surface area contributed by atoms with Gasteiger partial charge in [-0.3, -0.25) is 9.58 Å². The topological polar surface area (TPSA) is 78.3 Å². The van der Waals surface area contributed by atoms with E-state index in [1.54, 1.807) is 15.4 Å². The molecule has 0 spiro atoms. The smallest absolute Gasteiger partial charge is 0.128 e. The number of piperazine rings is 1. The van der Waals surface area contributed by atoms with Gasteiger partial charge in [-0.25, -0.2) is 9.50 Å². The first-order valence-corrected chi connectivity index (χ1v) is 10.4. The Bertz CT molecular complexity index is 1340. The van der Waals surface area contributed by atoms with Gasteiger partial charge in [-0.1, -0.05) is 5.92 Å². The van der Waals surface area contributed by atoms with Crippen LogP contribution in [0.4, 0.5) is 5.82 Å². The van der Waals surface area contributed by atoms with E-state index in [0.29, 0.717) is 12.1 Å². The molecule has 0 N–H and O–H groups in total. The number of nitrogens with zero attached hydrogens (tertiary/aromatic N) is 8. The fourth-order valence-corrected chi connectivity index (χ4v) is 4.15. The second kappa shape index (κ2) is 8.18. The molecule has 4 aromatic rings. The molecule has 5 rings (SSSR count). The monoisotopic (exact) mass is 422 g/mol. The number of fused-ring (bicyclic) bond motifs is 1. The summed E-state index contributed by atoms with van der Waals surface area (Å²) in [6.45, 7) is 4.35. The third kappa shape index (κ3) is 3.58. The van der Waals surface area contributed by atoms with Crippen molar-refractivity contribution in [3.05, 3.63) is 54.7 Å². The molecule has 1 aliphatic rings. The summed E-state index contributed by atoms with van der Waals surface area (Å²) in [7, 11) is 1.89. The highest BCUT2D eigenvalue weighted by Crippen LogP contribution is 2.32. The van der Waals surface area contributed by atoms with Crippen molar-refractivity contribution in [2.45, 2.75) is 0 Å². The summed E-state index contributed by atoms with van der Waals surface area (Å²) in [4.78, 5) is 9.29. The Hall–Kier alpha value is -4.14. The maximum absolute atomic E-state index is 9.60. The second-order valence-electron chi connectivity index (χ2n) is 7.88. The Morgan fingerprint density at radius 3 is 2.50 bits per heavy atom. The van der Waals surface area contributed by atoms with Crippen LogP contribution in [0, 0.1) is 23.7 Å². The number of nitriles is 1.